The molecule has 1 fully saturated rings. The predicted octanol–water partition coefficient (Wildman–Crippen LogP) is 3.21. The first-order valence-corrected chi connectivity index (χ1v) is 6.76. The van der Waals surface area contributed by atoms with Gasteiger partial charge < -0.3 is 5.32 Å². The van der Waals surface area contributed by atoms with Crippen molar-refractivity contribution in [2.24, 2.45) is 0 Å². The summed E-state index contributed by atoms with van der Waals surface area (Å²) in [4.78, 5) is 10.5. The van der Waals surface area contributed by atoms with Crippen LogP contribution in [0.25, 0.3) is 0 Å². The molecule has 0 bridgehead atoms. The summed E-state index contributed by atoms with van der Waals surface area (Å²) in [6.45, 7) is 4.00. The molecule has 2 atom stereocenters. The Kier molecular flexibility index (Phi) is 3.57. The Hall–Kier alpha value is -1.23. The number of hydrogen-bond donors (Lipinski definition) is 1. The second-order valence-corrected chi connectivity index (χ2v) is 5.81. The molecular formula is C12H16N2O2S. The topological polar surface area (TPSA) is 55.2 Å². The second kappa shape index (κ2) is 4.96. The molecule has 1 aliphatic heterocycles. The summed E-state index contributed by atoms with van der Waals surface area (Å²) in [6.07, 6.45) is 1.12. The van der Waals surface area contributed by atoms with E-state index in [9.17, 15) is 10.1 Å². The lowest BCUT2D eigenvalue weighted by molar-refractivity contribution is -0.385. The molecule has 0 aliphatic carbocycles. The largest absolute Gasteiger partial charge is 0.381 e. The third-order valence-electron chi connectivity index (χ3n) is 3.22. The molecule has 2 rings (SSSR count). The van der Waals surface area contributed by atoms with Crippen molar-refractivity contribution in [1.82, 2.24) is 0 Å². The van der Waals surface area contributed by atoms with Crippen molar-refractivity contribution in [3.05, 3.63) is 33.9 Å². The molecule has 1 N–H and O–H groups in total. The number of hydrogen-bond acceptors (Lipinski definition) is 4. The summed E-state index contributed by atoms with van der Waals surface area (Å²) in [6, 6.07) is 5.62. The maximum atomic E-state index is 10.8. The van der Waals surface area contributed by atoms with Crippen molar-refractivity contribution >= 4 is 23.1 Å². The van der Waals surface area contributed by atoms with Crippen molar-refractivity contribution in [3.8, 4) is 0 Å². The van der Waals surface area contributed by atoms with Gasteiger partial charge in [0.2, 0.25) is 0 Å². The Morgan fingerprint density at radius 3 is 2.88 bits per heavy atom. The van der Waals surface area contributed by atoms with E-state index in [1.807, 2.05) is 17.8 Å². The van der Waals surface area contributed by atoms with E-state index in [1.54, 1.807) is 19.1 Å². The lowest BCUT2D eigenvalue weighted by Gasteiger charge is -2.19. The number of nitrogens with one attached hydrogen (secondary N) is 1. The van der Waals surface area contributed by atoms with Gasteiger partial charge in [0.1, 0.15) is 0 Å². The van der Waals surface area contributed by atoms with Crippen LogP contribution in [0.1, 0.15) is 18.9 Å². The van der Waals surface area contributed by atoms with Crippen molar-refractivity contribution in [2.45, 2.75) is 31.6 Å². The molecule has 92 valence electrons. The zero-order valence-electron chi connectivity index (χ0n) is 9.97. The van der Waals surface area contributed by atoms with Gasteiger partial charge in [-0.15, -0.1) is 0 Å². The SMILES string of the molecule is Cc1c(NC2CCSC2C)cccc1[N+](=O)[O-]. The third kappa shape index (κ3) is 2.54. The molecular weight excluding hydrogens is 236 g/mol. The summed E-state index contributed by atoms with van der Waals surface area (Å²) < 4.78 is 0. The molecule has 4 nitrogen and oxygen atoms in total. The first-order valence-electron chi connectivity index (χ1n) is 5.71. The number of rotatable bonds is 3. The summed E-state index contributed by atoms with van der Waals surface area (Å²) in [5.41, 5.74) is 1.80. The minimum absolute atomic E-state index is 0.188. The summed E-state index contributed by atoms with van der Waals surface area (Å²) in [5.74, 6) is 1.16. The van der Waals surface area contributed by atoms with E-state index < -0.39 is 0 Å². The fourth-order valence-electron chi connectivity index (χ4n) is 2.10. The average molecular weight is 252 g/mol. The number of nitro groups is 1. The quantitative estimate of drug-likeness (QED) is 0.663. The number of nitro benzene ring substituents is 1. The van der Waals surface area contributed by atoms with Crippen LogP contribution in [0.5, 0.6) is 0 Å². The van der Waals surface area contributed by atoms with Gasteiger partial charge in [-0.1, -0.05) is 13.0 Å². The summed E-state index contributed by atoms with van der Waals surface area (Å²) >= 11 is 1.94. The number of nitrogens with zero attached hydrogens (tertiary/aromatic N) is 1. The maximum Gasteiger partial charge on any atom is 0.274 e. The highest BCUT2D eigenvalue weighted by atomic mass is 32.2. The molecule has 1 saturated heterocycles. The van der Waals surface area contributed by atoms with E-state index in [4.69, 9.17) is 0 Å². The Bertz CT molecular complexity index is 437. The Morgan fingerprint density at radius 2 is 2.29 bits per heavy atom. The molecule has 1 aromatic carbocycles. The molecule has 0 radical (unpaired) electrons. The van der Waals surface area contributed by atoms with Gasteiger partial charge in [-0.3, -0.25) is 10.1 Å². The fourth-order valence-corrected chi connectivity index (χ4v) is 3.30. The molecule has 0 spiro atoms. The standard InChI is InChI=1S/C12H16N2O2S/c1-8-10(4-3-5-12(8)14(15)16)13-11-6-7-17-9(11)2/h3-5,9,11,13H,6-7H2,1-2H3. The van der Waals surface area contributed by atoms with Gasteiger partial charge in [0.25, 0.3) is 5.69 Å². The maximum absolute atomic E-state index is 10.8. The highest BCUT2D eigenvalue weighted by Gasteiger charge is 2.25. The number of anilines is 1. The Morgan fingerprint density at radius 1 is 1.53 bits per heavy atom. The van der Waals surface area contributed by atoms with E-state index in [1.165, 1.54) is 0 Å². The van der Waals surface area contributed by atoms with Gasteiger partial charge in [-0.05, 0) is 25.2 Å². The van der Waals surface area contributed by atoms with E-state index >= 15 is 0 Å². The fraction of sp³-hybridized carbons (Fsp3) is 0.500. The smallest absolute Gasteiger partial charge is 0.274 e. The van der Waals surface area contributed by atoms with Crippen molar-refractivity contribution < 1.29 is 4.92 Å². The molecule has 0 aromatic heterocycles. The van der Waals surface area contributed by atoms with Crippen LogP contribution in [0.2, 0.25) is 0 Å². The van der Waals surface area contributed by atoms with Gasteiger partial charge in [0, 0.05) is 28.6 Å². The molecule has 17 heavy (non-hydrogen) atoms. The zero-order chi connectivity index (χ0) is 12.4. The lowest BCUT2D eigenvalue weighted by atomic mass is 10.1. The second-order valence-electron chi connectivity index (χ2n) is 4.32. The van der Waals surface area contributed by atoms with Crippen LogP contribution in [0.4, 0.5) is 11.4 Å². The molecule has 0 saturated carbocycles. The molecule has 0 amide bonds. The minimum atomic E-state index is -0.326. The van der Waals surface area contributed by atoms with Gasteiger partial charge in [0.05, 0.1) is 4.92 Å². The van der Waals surface area contributed by atoms with Crippen LogP contribution in [-0.2, 0) is 0 Å². The van der Waals surface area contributed by atoms with E-state index in [0.29, 0.717) is 11.3 Å². The third-order valence-corrected chi connectivity index (χ3v) is 4.54. The first kappa shape index (κ1) is 12.2. The first-order chi connectivity index (χ1) is 8.09. The van der Waals surface area contributed by atoms with Crippen LogP contribution in [0, 0.1) is 17.0 Å². The normalized spacial score (nSPS) is 23.6. The molecule has 1 aromatic rings. The molecule has 1 aliphatic rings. The lowest BCUT2D eigenvalue weighted by Crippen LogP contribution is -2.25. The summed E-state index contributed by atoms with van der Waals surface area (Å²) in [5, 5.41) is 14.8. The molecule has 1 heterocycles. The zero-order valence-corrected chi connectivity index (χ0v) is 10.8. The average Bonchev–Trinajstić information content (AvgIpc) is 2.67. The van der Waals surface area contributed by atoms with Crippen molar-refractivity contribution in [2.75, 3.05) is 11.1 Å². The highest BCUT2D eigenvalue weighted by Crippen LogP contribution is 2.31. The van der Waals surface area contributed by atoms with E-state index in [2.05, 4.69) is 12.2 Å². The monoisotopic (exact) mass is 252 g/mol. The van der Waals surface area contributed by atoms with E-state index in [-0.39, 0.29) is 10.6 Å². The van der Waals surface area contributed by atoms with Crippen LogP contribution < -0.4 is 5.32 Å². The van der Waals surface area contributed by atoms with Gasteiger partial charge >= 0.3 is 0 Å². The van der Waals surface area contributed by atoms with Gasteiger partial charge in [0.15, 0.2) is 0 Å². The predicted molar refractivity (Wildman–Crippen MR) is 71.8 cm³/mol. The van der Waals surface area contributed by atoms with Crippen LogP contribution >= 0.6 is 11.8 Å². The van der Waals surface area contributed by atoms with Gasteiger partial charge in [-0.25, -0.2) is 0 Å². The molecule has 2 unspecified atom stereocenters. The van der Waals surface area contributed by atoms with E-state index in [0.717, 1.165) is 23.4 Å². The van der Waals surface area contributed by atoms with Crippen molar-refractivity contribution in [1.29, 1.82) is 0 Å². The minimum Gasteiger partial charge on any atom is -0.381 e. The number of benzene rings is 1. The Balaban J connectivity index is 2.21. The Labute approximate surface area is 105 Å². The van der Waals surface area contributed by atoms with Crippen molar-refractivity contribution in [3.63, 3.8) is 0 Å². The van der Waals surface area contributed by atoms with Crippen LogP contribution in [0.3, 0.4) is 0 Å². The highest BCUT2D eigenvalue weighted by molar-refractivity contribution is 8.00. The molecule has 5 heteroatoms. The van der Waals surface area contributed by atoms with Crippen LogP contribution in [0.15, 0.2) is 18.2 Å². The summed E-state index contributed by atoms with van der Waals surface area (Å²) in [7, 11) is 0. The van der Waals surface area contributed by atoms with Crippen LogP contribution in [-0.4, -0.2) is 22.0 Å². The number of thioether (sulfide) groups is 1. The van der Waals surface area contributed by atoms with Gasteiger partial charge in [-0.2, -0.15) is 11.8 Å².